The Morgan fingerprint density at radius 3 is 2.68 bits per heavy atom. The van der Waals surface area contributed by atoms with Crippen LogP contribution in [0, 0.1) is 18.3 Å². The van der Waals surface area contributed by atoms with Gasteiger partial charge in [0.05, 0.1) is 0 Å². The number of nitrogens with zero attached hydrogens (tertiary/aromatic N) is 2. The van der Waals surface area contributed by atoms with Crippen molar-refractivity contribution in [3.8, 4) is 0 Å². The molecule has 2 aromatic rings. The first-order valence-corrected chi connectivity index (χ1v) is 8.88. The number of aromatic nitrogens is 1. The van der Waals surface area contributed by atoms with Gasteiger partial charge in [0, 0.05) is 42.7 Å². The van der Waals surface area contributed by atoms with Crippen LogP contribution >= 0.6 is 12.4 Å². The summed E-state index contributed by atoms with van der Waals surface area (Å²) in [5, 5.41) is 7.54. The van der Waals surface area contributed by atoms with E-state index in [0.29, 0.717) is 5.92 Å². The lowest BCUT2D eigenvalue weighted by atomic mass is 10.0. The van der Waals surface area contributed by atoms with E-state index in [0.717, 1.165) is 13.1 Å². The topological polar surface area (TPSA) is 32.0 Å². The largest absolute Gasteiger partial charge is 0.344 e. The molecule has 0 amide bonds. The Bertz CT molecular complexity index is 717. The molecule has 0 spiro atoms. The van der Waals surface area contributed by atoms with E-state index < -0.39 is 0 Å². The summed E-state index contributed by atoms with van der Waals surface area (Å²) < 4.78 is 2.57. The molecule has 1 N–H and O–H groups in total. The van der Waals surface area contributed by atoms with Crippen LogP contribution in [0.1, 0.15) is 37.1 Å². The number of nitrogens with one attached hydrogen (secondary N) is 1. The highest BCUT2D eigenvalue weighted by molar-refractivity contribution is 5.86. The zero-order valence-electron chi connectivity index (χ0n) is 16.0. The minimum Gasteiger partial charge on any atom is -0.344 e. The Hall–Kier alpha value is -1.58. The van der Waals surface area contributed by atoms with Crippen LogP contribution in [-0.2, 0) is 19.5 Å². The van der Waals surface area contributed by atoms with Gasteiger partial charge >= 0.3 is 0 Å². The Morgan fingerprint density at radius 2 is 2.04 bits per heavy atom. The van der Waals surface area contributed by atoms with Crippen molar-refractivity contribution in [3.05, 3.63) is 47.7 Å². The molecule has 1 aromatic heterocycles. The molecule has 0 saturated carbocycles. The smallest absolute Gasteiger partial charge is 0.0486 e. The molecule has 1 aliphatic rings. The van der Waals surface area contributed by atoms with Crippen LogP contribution in [0.4, 0.5) is 0 Å². The normalized spacial score (nSPS) is 14.7. The van der Waals surface area contributed by atoms with Gasteiger partial charge in [-0.15, -0.1) is 19.0 Å². The third-order valence-electron chi connectivity index (χ3n) is 4.81. The molecular formula is C21H32ClN3. The van der Waals surface area contributed by atoms with Crippen molar-refractivity contribution < 1.29 is 0 Å². The number of fused-ring (bicyclic) bond motifs is 3. The highest BCUT2D eigenvalue weighted by Crippen LogP contribution is 2.31. The molecule has 1 aliphatic heterocycles. The number of aryl methyl sites for hydroxylation is 2. The highest BCUT2D eigenvalue weighted by atomic mass is 35.5. The lowest BCUT2D eigenvalue weighted by molar-refractivity contribution is 0.308. The van der Waals surface area contributed by atoms with Crippen LogP contribution in [-0.4, -0.2) is 29.3 Å². The second-order valence-corrected chi connectivity index (χ2v) is 6.88. The van der Waals surface area contributed by atoms with E-state index in [9.17, 15) is 0 Å². The fourth-order valence-electron chi connectivity index (χ4n) is 3.40. The summed E-state index contributed by atoms with van der Waals surface area (Å²) in [4.78, 5) is 2.43. The van der Waals surface area contributed by atoms with Gasteiger partial charge in [-0.2, -0.15) is 0 Å². The van der Waals surface area contributed by atoms with Gasteiger partial charge in [-0.05, 0) is 57.1 Å². The molecule has 1 aromatic carbocycles. The van der Waals surface area contributed by atoms with Gasteiger partial charge in [-0.1, -0.05) is 24.6 Å². The summed E-state index contributed by atoms with van der Waals surface area (Å²) in [5.41, 5.74) is 5.88. The van der Waals surface area contributed by atoms with Crippen molar-refractivity contribution in [1.29, 1.82) is 5.41 Å². The third kappa shape index (κ3) is 4.96. The van der Waals surface area contributed by atoms with Crippen molar-refractivity contribution >= 4 is 29.5 Å². The molecule has 0 fully saturated rings. The first-order chi connectivity index (χ1) is 11.5. The third-order valence-corrected chi connectivity index (χ3v) is 4.81. The Labute approximate surface area is 158 Å². The molecule has 0 bridgehead atoms. The molecule has 2 heterocycles. The summed E-state index contributed by atoms with van der Waals surface area (Å²) in [6.07, 6.45) is 5.65. The average molecular weight is 362 g/mol. The number of hydrogen-bond donors (Lipinski definition) is 1. The van der Waals surface area contributed by atoms with Crippen molar-refractivity contribution in [2.24, 2.45) is 5.92 Å². The Kier molecular flexibility index (Phi) is 8.40. The lowest BCUT2D eigenvalue weighted by Gasteiger charge is -2.24. The molecule has 25 heavy (non-hydrogen) atoms. The second kappa shape index (κ2) is 9.79. The maximum absolute atomic E-state index is 6.08. The fourth-order valence-corrected chi connectivity index (χ4v) is 3.40. The van der Waals surface area contributed by atoms with Gasteiger partial charge in [0.2, 0.25) is 0 Å². The van der Waals surface area contributed by atoms with E-state index in [4.69, 9.17) is 5.41 Å². The van der Waals surface area contributed by atoms with E-state index in [1.807, 2.05) is 0 Å². The zero-order valence-corrected chi connectivity index (χ0v) is 16.8. The van der Waals surface area contributed by atoms with Crippen LogP contribution in [0.25, 0.3) is 10.9 Å². The van der Waals surface area contributed by atoms with Crippen LogP contribution < -0.4 is 0 Å². The standard InChI is InChI=1S/C19H26N2.C2H5N.ClH/c1-5-14(2)8-11-21-18-7-6-15(3)12-16(18)17-13-20(4)10-9-19(17)21;1-2-3;/h5-7,12,14H,1,8-11,13H2,2-4H3;2-3H,1H3;1H. The summed E-state index contributed by atoms with van der Waals surface area (Å²) in [6, 6.07) is 6.91. The van der Waals surface area contributed by atoms with Crippen molar-refractivity contribution in [2.45, 2.75) is 46.7 Å². The molecule has 0 saturated heterocycles. The molecule has 0 aliphatic carbocycles. The van der Waals surface area contributed by atoms with E-state index in [-0.39, 0.29) is 12.4 Å². The summed E-state index contributed by atoms with van der Waals surface area (Å²) in [6.45, 7) is 13.4. The van der Waals surface area contributed by atoms with E-state index >= 15 is 0 Å². The van der Waals surface area contributed by atoms with Gasteiger partial charge in [-0.3, -0.25) is 0 Å². The van der Waals surface area contributed by atoms with E-state index in [2.05, 4.69) is 61.2 Å². The molecule has 4 heteroatoms. The number of hydrogen-bond acceptors (Lipinski definition) is 2. The monoisotopic (exact) mass is 361 g/mol. The Balaban J connectivity index is 0.000000730. The number of benzene rings is 1. The van der Waals surface area contributed by atoms with Crippen LogP contribution in [0.2, 0.25) is 0 Å². The fraction of sp³-hybridized carbons (Fsp3) is 0.476. The molecule has 138 valence electrons. The quantitative estimate of drug-likeness (QED) is 0.587. The van der Waals surface area contributed by atoms with Gasteiger partial charge in [0.1, 0.15) is 0 Å². The molecule has 0 radical (unpaired) electrons. The van der Waals surface area contributed by atoms with Crippen molar-refractivity contribution in [2.75, 3.05) is 13.6 Å². The van der Waals surface area contributed by atoms with Crippen molar-refractivity contribution in [3.63, 3.8) is 0 Å². The molecule has 3 nitrogen and oxygen atoms in total. The van der Waals surface area contributed by atoms with Gasteiger partial charge < -0.3 is 14.9 Å². The molecular weight excluding hydrogens is 330 g/mol. The maximum atomic E-state index is 6.08. The summed E-state index contributed by atoms with van der Waals surface area (Å²) in [7, 11) is 2.22. The molecule has 1 atom stereocenters. The number of halogens is 1. The van der Waals surface area contributed by atoms with Gasteiger partial charge in [0.25, 0.3) is 0 Å². The SMILES string of the molecule is C=CC(C)CCn1c2c(c3cc(C)ccc31)CN(C)CC2.CC=N.Cl. The minimum absolute atomic E-state index is 0. The minimum atomic E-state index is 0. The molecule has 3 rings (SSSR count). The molecule has 1 unspecified atom stereocenters. The van der Waals surface area contributed by atoms with Crippen LogP contribution in [0.15, 0.2) is 30.9 Å². The number of rotatable bonds is 4. The van der Waals surface area contributed by atoms with Crippen LogP contribution in [0.3, 0.4) is 0 Å². The highest BCUT2D eigenvalue weighted by Gasteiger charge is 2.22. The second-order valence-electron chi connectivity index (χ2n) is 6.88. The first-order valence-electron chi connectivity index (χ1n) is 8.88. The lowest BCUT2D eigenvalue weighted by Crippen LogP contribution is -2.27. The predicted octanol–water partition coefficient (Wildman–Crippen LogP) is 5.23. The van der Waals surface area contributed by atoms with Crippen LogP contribution in [0.5, 0.6) is 0 Å². The Morgan fingerprint density at radius 1 is 1.36 bits per heavy atom. The first kappa shape index (κ1) is 21.5. The number of allylic oxidation sites excluding steroid dienone is 1. The predicted molar refractivity (Wildman–Crippen MR) is 112 cm³/mol. The average Bonchev–Trinajstić information content (AvgIpc) is 2.86. The van der Waals surface area contributed by atoms with Crippen molar-refractivity contribution in [1.82, 2.24) is 9.47 Å². The summed E-state index contributed by atoms with van der Waals surface area (Å²) >= 11 is 0. The maximum Gasteiger partial charge on any atom is 0.0486 e. The number of likely N-dealkylation sites (N-methyl/N-ethyl adjacent to an activating group) is 1. The van der Waals surface area contributed by atoms with E-state index in [1.54, 1.807) is 18.2 Å². The van der Waals surface area contributed by atoms with Gasteiger partial charge in [-0.25, -0.2) is 0 Å². The van der Waals surface area contributed by atoms with E-state index in [1.165, 1.54) is 42.1 Å². The summed E-state index contributed by atoms with van der Waals surface area (Å²) in [5.74, 6) is 0.579. The zero-order chi connectivity index (χ0) is 17.7. The van der Waals surface area contributed by atoms with Gasteiger partial charge in [0.15, 0.2) is 0 Å².